The number of amides is 3. The van der Waals surface area contributed by atoms with Crippen LogP contribution in [-0.4, -0.2) is 52.1 Å². The van der Waals surface area contributed by atoms with Gasteiger partial charge < -0.3 is 25.4 Å². The van der Waals surface area contributed by atoms with Gasteiger partial charge in [-0.3, -0.25) is 9.59 Å². The molecule has 2 aromatic carbocycles. The van der Waals surface area contributed by atoms with E-state index in [0.717, 1.165) is 35.1 Å². The summed E-state index contributed by atoms with van der Waals surface area (Å²) in [5.74, 6) is -0.568. The van der Waals surface area contributed by atoms with Crippen molar-refractivity contribution in [2.24, 2.45) is 0 Å². The van der Waals surface area contributed by atoms with Crippen LogP contribution in [0.3, 0.4) is 0 Å². The number of carbonyl (C=O) groups excluding carboxylic acids is 3. The van der Waals surface area contributed by atoms with Gasteiger partial charge in [0, 0.05) is 19.0 Å². The number of phenolic OH excluding ortho intramolecular Hbond substituents is 1. The minimum Gasteiger partial charge on any atom is -0.508 e. The summed E-state index contributed by atoms with van der Waals surface area (Å²) >= 11 is 0. The number of ether oxygens (including phenoxy) is 1. The summed E-state index contributed by atoms with van der Waals surface area (Å²) in [6, 6.07) is 10.0. The second-order valence-corrected chi connectivity index (χ2v) is 11.3. The van der Waals surface area contributed by atoms with Crippen LogP contribution in [-0.2, 0) is 20.7 Å². The summed E-state index contributed by atoms with van der Waals surface area (Å²) in [6.45, 7) is 15.4. The van der Waals surface area contributed by atoms with Crippen molar-refractivity contribution in [2.75, 3.05) is 6.54 Å². The lowest BCUT2D eigenvalue weighted by Gasteiger charge is -2.38. The fourth-order valence-electron chi connectivity index (χ4n) is 4.41. The summed E-state index contributed by atoms with van der Waals surface area (Å²) in [7, 11) is 0. The van der Waals surface area contributed by atoms with Gasteiger partial charge in [0.15, 0.2) is 0 Å². The van der Waals surface area contributed by atoms with Crippen LogP contribution in [0.25, 0.3) is 0 Å². The lowest BCUT2D eigenvalue weighted by atomic mass is 9.94. The monoisotopic (exact) mass is 539 g/mol. The molecule has 0 aliphatic rings. The fourth-order valence-corrected chi connectivity index (χ4v) is 4.41. The summed E-state index contributed by atoms with van der Waals surface area (Å²) in [4.78, 5) is 42.4. The van der Waals surface area contributed by atoms with E-state index in [-0.39, 0.29) is 24.1 Å². The van der Waals surface area contributed by atoms with Gasteiger partial charge in [0.1, 0.15) is 23.4 Å². The highest BCUT2D eigenvalue weighted by atomic mass is 16.6. The normalized spacial score (nSPS) is 12.9. The number of phenols is 1. The Labute approximate surface area is 233 Å². The first-order chi connectivity index (χ1) is 18.2. The van der Waals surface area contributed by atoms with Crippen molar-refractivity contribution >= 4 is 17.9 Å². The average Bonchev–Trinajstić information content (AvgIpc) is 2.82. The molecule has 0 aliphatic carbocycles. The van der Waals surface area contributed by atoms with Crippen molar-refractivity contribution in [3.05, 3.63) is 64.7 Å². The first-order valence-electron chi connectivity index (χ1n) is 13.7. The number of alkyl carbamates (subject to hydrolysis) is 1. The maximum absolute atomic E-state index is 14.3. The summed E-state index contributed by atoms with van der Waals surface area (Å²) in [5.41, 5.74) is 2.67. The topological polar surface area (TPSA) is 108 Å². The minimum atomic E-state index is -1.01. The molecule has 0 saturated carbocycles. The number of aryl methyl sites for hydroxylation is 2. The van der Waals surface area contributed by atoms with E-state index in [1.165, 1.54) is 12.1 Å². The lowest BCUT2D eigenvalue weighted by molar-refractivity contribution is -0.144. The third-order valence-corrected chi connectivity index (χ3v) is 6.25. The molecule has 39 heavy (non-hydrogen) atoms. The van der Waals surface area contributed by atoms with E-state index in [1.54, 1.807) is 37.8 Å². The molecule has 2 rings (SSSR count). The van der Waals surface area contributed by atoms with Crippen LogP contribution >= 0.6 is 0 Å². The number of nitrogens with zero attached hydrogens (tertiary/aromatic N) is 1. The molecule has 0 aliphatic heterocycles. The molecule has 3 amide bonds. The van der Waals surface area contributed by atoms with E-state index in [0.29, 0.717) is 6.54 Å². The molecule has 0 heterocycles. The van der Waals surface area contributed by atoms with Crippen LogP contribution in [0.4, 0.5) is 4.79 Å². The Kier molecular flexibility index (Phi) is 11.4. The van der Waals surface area contributed by atoms with Crippen molar-refractivity contribution < 1.29 is 24.2 Å². The van der Waals surface area contributed by atoms with Gasteiger partial charge in [-0.1, -0.05) is 49.2 Å². The number of carbonyl (C=O) groups is 3. The van der Waals surface area contributed by atoms with Crippen LogP contribution in [0.5, 0.6) is 5.75 Å². The first kappa shape index (κ1) is 31.7. The molecule has 8 heteroatoms. The smallest absolute Gasteiger partial charge is 0.408 e. The highest BCUT2D eigenvalue weighted by molar-refractivity contribution is 5.92. The van der Waals surface area contributed by atoms with Crippen LogP contribution in [0.1, 0.15) is 82.7 Å². The van der Waals surface area contributed by atoms with Crippen LogP contribution in [0.15, 0.2) is 42.5 Å². The van der Waals surface area contributed by atoms with Crippen LogP contribution in [0.2, 0.25) is 0 Å². The van der Waals surface area contributed by atoms with Gasteiger partial charge in [0.25, 0.3) is 0 Å². The molecule has 0 aromatic heterocycles. The van der Waals surface area contributed by atoms with Gasteiger partial charge >= 0.3 is 6.09 Å². The van der Waals surface area contributed by atoms with Crippen molar-refractivity contribution in [2.45, 2.75) is 98.4 Å². The zero-order chi connectivity index (χ0) is 29.3. The second kappa shape index (κ2) is 14.0. The Morgan fingerprint density at radius 3 is 2.21 bits per heavy atom. The Bertz CT molecular complexity index is 1120. The highest BCUT2D eigenvalue weighted by Crippen LogP contribution is 2.29. The van der Waals surface area contributed by atoms with Crippen LogP contribution < -0.4 is 10.6 Å². The van der Waals surface area contributed by atoms with E-state index in [2.05, 4.69) is 10.6 Å². The maximum atomic E-state index is 14.3. The number of hydrogen-bond donors (Lipinski definition) is 3. The highest BCUT2D eigenvalue weighted by Gasteiger charge is 2.38. The number of benzene rings is 2. The molecule has 0 bridgehead atoms. The van der Waals surface area contributed by atoms with Gasteiger partial charge in [0.05, 0.1) is 0 Å². The number of hydrogen-bond acceptors (Lipinski definition) is 5. The zero-order valence-corrected chi connectivity index (χ0v) is 24.6. The molecular weight excluding hydrogens is 494 g/mol. The summed E-state index contributed by atoms with van der Waals surface area (Å²) in [5, 5.41) is 15.5. The third-order valence-electron chi connectivity index (χ3n) is 6.25. The van der Waals surface area contributed by atoms with E-state index in [4.69, 9.17) is 4.74 Å². The number of nitrogens with one attached hydrogen (secondary N) is 2. The quantitative estimate of drug-likeness (QED) is 0.334. The second-order valence-electron chi connectivity index (χ2n) is 11.3. The molecule has 0 saturated heterocycles. The summed E-state index contributed by atoms with van der Waals surface area (Å²) in [6.07, 6.45) is 1.18. The molecule has 8 nitrogen and oxygen atoms in total. The SMILES string of the molecule is CCCCNC(=O)C(c1ccc(C)cc1C)N(C(=O)C(Cc1ccc(O)cc1)NC(=O)OC(C)(C)C)C(C)C. The fraction of sp³-hybridized carbons (Fsp3) is 0.516. The molecular formula is C31H45N3O5. The standard InChI is InChI=1S/C31H45N3O5/c1-9-10-17-32-28(36)27(25-16-11-21(4)18-22(25)5)34(20(2)3)29(37)26(33-30(38)39-31(6,7)8)19-23-12-14-24(35)15-13-23/h11-16,18,20,26-27,35H,9-10,17,19H2,1-8H3,(H,32,36)(H,33,38). The predicted octanol–water partition coefficient (Wildman–Crippen LogP) is 5.34. The first-order valence-corrected chi connectivity index (χ1v) is 13.7. The molecule has 2 atom stereocenters. The molecule has 3 N–H and O–H groups in total. The third kappa shape index (κ3) is 9.61. The Morgan fingerprint density at radius 2 is 1.67 bits per heavy atom. The molecule has 0 spiro atoms. The van der Waals surface area contributed by atoms with Gasteiger partial charge in [-0.25, -0.2) is 4.79 Å². The predicted molar refractivity (Wildman–Crippen MR) is 154 cm³/mol. The van der Waals surface area contributed by atoms with Crippen molar-refractivity contribution in [1.82, 2.24) is 15.5 Å². The maximum Gasteiger partial charge on any atom is 0.408 e. The number of unbranched alkanes of at least 4 members (excludes halogenated alkanes) is 1. The van der Waals surface area contributed by atoms with Crippen molar-refractivity contribution in [3.8, 4) is 5.75 Å². The van der Waals surface area contributed by atoms with E-state index < -0.39 is 29.7 Å². The molecule has 0 fully saturated rings. The van der Waals surface area contributed by atoms with E-state index in [9.17, 15) is 19.5 Å². The number of rotatable bonds is 11. The molecule has 2 aromatic rings. The van der Waals surface area contributed by atoms with E-state index in [1.807, 2.05) is 52.8 Å². The van der Waals surface area contributed by atoms with E-state index >= 15 is 0 Å². The number of aromatic hydroxyl groups is 1. The van der Waals surface area contributed by atoms with Crippen molar-refractivity contribution in [3.63, 3.8) is 0 Å². The minimum absolute atomic E-state index is 0.101. The summed E-state index contributed by atoms with van der Waals surface area (Å²) < 4.78 is 5.47. The van der Waals surface area contributed by atoms with Gasteiger partial charge in [-0.05, 0) is 83.7 Å². The van der Waals surface area contributed by atoms with Crippen LogP contribution in [0, 0.1) is 13.8 Å². The van der Waals surface area contributed by atoms with Gasteiger partial charge in [0.2, 0.25) is 11.8 Å². The zero-order valence-electron chi connectivity index (χ0n) is 24.6. The van der Waals surface area contributed by atoms with Crippen molar-refractivity contribution in [1.29, 1.82) is 0 Å². The molecule has 0 radical (unpaired) electrons. The molecule has 2 unspecified atom stereocenters. The Hall–Kier alpha value is -3.55. The largest absolute Gasteiger partial charge is 0.508 e. The Morgan fingerprint density at radius 1 is 1.03 bits per heavy atom. The average molecular weight is 540 g/mol. The van der Waals surface area contributed by atoms with Gasteiger partial charge in [-0.2, -0.15) is 0 Å². The van der Waals surface area contributed by atoms with Gasteiger partial charge in [-0.15, -0.1) is 0 Å². The molecule has 214 valence electrons. The lowest BCUT2D eigenvalue weighted by Crippen LogP contribution is -2.55. The Balaban J connectivity index is 2.55.